The van der Waals surface area contributed by atoms with E-state index < -0.39 is 6.09 Å². The fourth-order valence-electron chi connectivity index (χ4n) is 2.78. The molecule has 3 aromatic rings. The summed E-state index contributed by atoms with van der Waals surface area (Å²) in [6, 6.07) is 4.82. The molecule has 3 rings (SSSR count). The van der Waals surface area contributed by atoms with Crippen LogP contribution in [0.5, 0.6) is 5.88 Å². The lowest BCUT2D eigenvalue weighted by Crippen LogP contribution is -2.29. The number of carbonyl (C=O) groups excluding carboxylic acids is 1. The van der Waals surface area contributed by atoms with Crippen LogP contribution in [0.1, 0.15) is 16.8 Å². The maximum absolute atomic E-state index is 14.2. The summed E-state index contributed by atoms with van der Waals surface area (Å²) in [5.74, 6) is 0.102. The van der Waals surface area contributed by atoms with E-state index in [4.69, 9.17) is 4.74 Å². The van der Waals surface area contributed by atoms with Crippen molar-refractivity contribution < 1.29 is 13.9 Å². The summed E-state index contributed by atoms with van der Waals surface area (Å²) < 4.78 is 20.8. The Morgan fingerprint density at radius 2 is 2.17 bits per heavy atom. The molecule has 0 fully saturated rings. The molecular weight excluding hydrogens is 311 g/mol. The predicted octanol–water partition coefficient (Wildman–Crippen LogP) is 2.99. The Hall–Kier alpha value is -2.83. The van der Waals surface area contributed by atoms with Gasteiger partial charge in [-0.1, -0.05) is 6.07 Å². The Balaban J connectivity index is 1.68. The highest BCUT2D eigenvalue weighted by Crippen LogP contribution is 2.27. The highest BCUT2D eigenvalue weighted by molar-refractivity contribution is 5.87. The number of aromatic amines is 1. The monoisotopic (exact) mass is 330 g/mol. The maximum Gasteiger partial charge on any atom is 0.413 e. The van der Waals surface area contributed by atoms with Gasteiger partial charge in [0.15, 0.2) is 0 Å². The van der Waals surface area contributed by atoms with Crippen molar-refractivity contribution in [3.8, 4) is 5.88 Å². The van der Waals surface area contributed by atoms with E-state index in [0.29, 0.717) is 24.2 Å². The highest BCUT2D eigenvalue weighted by atomic mass is 19.1. The van der Waals surface area contributed by atoms with Gasteiger partial charge in [0, 0.05) is 30.7 Å². The average molecular weight is 330 g/mol. The summed E-state index contributed by atoms with van der Waals surface area (Å²) in [5.41, 5.74) is 3.57. The molecule has 1 amide bonds. The topological polar surface area (TPSA) is 71.9 Å². The average Bonchev–Trinajstić information content (AvgIpc) is 3.08. The molecule has 0 saturated heterocycles. The van der Waals surface area contributed by atoms with Crippen molar-refractivity contribution in [3.05, 3.63) is 47.0 Å². The molecule has 0 aliphatic carbocycles. The number of amides is 1. The summed E-state index contributed by atoms with van der Waals surface area (Å²) >= 11 is 0. The van der Waals surface area contributed by atoms with Gasteiger partial charge in [0.25, 0.3) is 0 Å². The summed E-state index contributed by atoms with van der Waals surface area (Å²) in [6.45, 7) is 4.19. The van der Waals surface area contributed by atoms with E-state index in [0.717, 1.165) is 22.3 Å². The van der Waals surface area contributed by atoms with Crippen LogP contribution in [0.25, 0.3) is 10.9 Å². The second-order valence-electron chi connectivity index (χ2n) is 5.70. The number of aromatic nitrogens is 3. The van der Waals surface area contributed by atoms with Crippen LogP contribution < -0.4 is 10.1 Å². The lowest BCUT2D eigenvalue weighted by atomic mass is 10.1. The third-order valence-corrected chi connectivity index (χ3v) is 4.05. The van der Waals surface area contributed by atoms with Gasteiger partial charge in [-0.2, -0.15) is 5.10 Å². The van der Waals surface area contributed by atoms with Crippen molar-refractivity contribution in [3.63, 3.8) is 0 Å². The van der Waals surface area contributed by atoms with Crippen molar-refractivity contribution in [1.29, 1.82) is 0 Å². The second kappa shape index (κ2) is 6.35. The Kier molecular flexibility index (Phi) is 4.24. The Morgan fingerprint density at radius 1 is 1.38 bits per heavy atom. The minimum absolute atomic E-state index is 0.257. The Bertz CT molecular complexity index is 898. The van der Waals surface area contributed by atoms with Gasteiger partial charge in [0.1, 0.15) is 5.82 Å². The quantitative estimate of drug-likeness (QED) is 0.772. The zero-order valence-electron chi connectivity index (χ0n) is 13.8. The number of hydrogen-bond donors (Lipinski definition) is 2. The van der Waals surface area contributed by atoms with E-state index in [1.807, 2.05) is 13.8 Å². The molecule has 2 N–H and O–H groups in total. The predicted molar refractivity (Wildman–Crippen MR) is 88.7 cm³/mol. The molecule has 24 heavy (non-hydrogen) atoms. The number of ether oxygens (including phenoxy) is 1. The lowest BCUT2D eigenvalue weighted by molar-refractivity contribution is 0.196. The Morgan fingerprint density at radius 3 is 2.88 bits per heavy atom. The van der Waals surface area contributed by atoms with Gasteiger partial charge in [-0.15, -0.1) is 0 Å². The smallest absolute Gasteiger partial charge is 0.392 e. The third-order valence-electron chi connectivity index (χ3n) is 4.05. The minimum Gasteiger partial charge on any atom is -0.392 e. The largest absolute Gasteiger partial charge is 0.413 e. The lowest BCUT2D eigenvalue weighted by Gasteiger charge is -2.07. The van der Waals surface area contributed by atoms with Crippen LogP contribution in [0.3, 0.4) is 0 Å². The van der Waals surface area contributed by atoms with Crippen LogP contribution in [0.2, 0.25) is 0 Å². The highest BCUT2D eigenvalue weighted by Gasteiger charge is 2.15. The van der Waals surface area contributed by atoms with Crippen LogP contribution >= 0.6 is 0 Å². The fourth-order valence-corrected chi connectivity index (χ4v) is 2.78. The molecule has 7 heteroatoms. The number of halogens is 1. The van der Waals surface area contributed by atoms with Crippen LogP contribution in [0.15, 0.2) is 24.4 Å². The zero-order valence-corrected chi connectivity index (χ0v) is 13.8. The molecule has 1 aromatic carbocycles. The molecule has 0 aliphatic rings. The van der Waals surface area contributed by atoms with Gasteiger partial charge in [-0.05, 0) is 37.5 Å². The van der Waals surface area contributed by atoms with Crippen molar-refractivity contribution in [1.82, 2.24) is 20.1 Å². The number of rotatable bonds is 4. The molecule has 0 atom stereocenters. The molecule has 2 heterocycles. The van der Waals surface area contributed by atoms with Crippen LogP contribution in [-0.2, 0) is 13.5 Å². The van der Waals surface area contributed by atoms with Gasteiger partial charge < -0.3 is 15.0 Å². The van der Waals surface area contributed by atoms with E-state index >= 15 is 0 Å². The summed E-state index contributed by atoms with van der Waals surface area (Å²) in [5, 5.41) is 7.19. The summed E-state index contributed by atoms with van der Waals surface area (Å²) in [6.07, 6.45) is 1.49. The van der Waals surface area contributed by atoms with Gasteiger partial charge in [-0.3, -0.25) is 0 Å². The molecule has 0 saturated carbocycles. The van der Waals surface area contributed by atoms with Crippen molar-refractivity contribution >= 4 is 17.0 Å². The molecule has 0 bridgehead atoms. The molecule has 0 unspecified atom stereocenters. The van der Waals surface area contributed by atoms with E-state index in [1.165, 1.54) is 10.7 Å². The number of nitrogens with one attached hydrogen (secondary N) is 2. The second-order valence-corrected chi connectivity index (χ2v) is 5.70. The first kappa shape index (κ1) is 16.0. The van der Waals surface area contributed by atoms with E-state index in [9.17, 15) is 9.18 Å². The fraction of sp³-hybridized carbons (Fsp3) is 0.294. The maximum atomic E-state index is 14.2. The zero-order chi connectivity index (χ0) is 17.3. The SMILES string of the molecule is Cc1[nH]c2c(C)ccc(F)c2c1CCNC(=O)Oc1ccnn1C. The van der Waals surface area contributed by atoms with Crippen LogP contribution in [0, 0.1) is 19.7 Å². The summed E-state index contributed by atoms with van der Waals surface area (Å²) in [7, 11) is 1.68. The Labute approximate surface area is 138 Å². The number of nitrogens with zero attached hydrogens (tertiary/aromatic N) is 2. The normalized spacial score (nSPS) is 11.0. The number of fused-ring (bicyclic) bond motifs is 1. The van der Waals surface area contributed by atoms with Crippen molar-refractivity contribution in [2.75, 3.05) is 6.54 Å². The number of hydrogen-bond acceptors (Lipinski definition) is 3. The number of H-pyrrole nitrogens is 1. The molecule has 2 aromatic heterocycles. The van der Waals surface area contributed by atoms with Gasteiger partial charge in [0.05, 0.1) is 11.7 Å². The molecule has 126 valence electrons. The molecule has 0 radical (unpaired) electrons. The standard InChI is InChI=1S/C17H19FN4O2/c1-10-4-5-13(18)15-12(11(2)21-16(10)15)6-8-19-17(23)24-14-7-9-20-22(14)3/h4-5,7,9,21H,6,8H2,1-3H3,(H,19,23). The number of aryl methyl sites for hydroxylation is 3. The number of carbonyl (C=O) groups is 1. The van der Waals surface area contributed by atoms with Crippen molar-refractivity contribution in [2.24, 2.45) is 7.05 Å². The first-order chi connectivity index (χ1) is 11.5. The van der Waals surface area contributed by atoms with Crippen LogP contribution in [0.4, 0.5) is 9.18 Å². The van der Waals surface area contributed by atoms with E-state index in [-0.39, 0.29) is 5.82 Å². The van der Waals surface area contributed by atoms with Gasteiger partial charge >= 0.3 is 6.09 Å². The first-order valence-electron chi connectivity index (χ1n) is 7.67. The summed E-state index contributed by atoms with van der Waals surface area (Å²) in [4.78, 5) is 15.0. The third kappa shape index (κ3) is 2.97. The molecule has 0 aliphatic heterocycles. The molecular formula is C17H19FN4O2. The van der Waals surface area contributed by atoms with Gasteiger partial charge in [0.2, 0.25) is 5.88 Å². The van der Waals surface area contributed by atoms with E-state index in [2.05, 4.69) is 15.4 Å². The first-order valence-corrected chi connectivity index (χ1v) is 7.67. The minimum atomic E-state index is -0.562. The molecule has 6 nitrogen and oxygen atoms in total. The number of benzene rings is 1. The van der Waals surface area contributed by atoms with Crippen LogP contribution in [-0.4, -0.2) is 27.4 Å². The van der Waals surface area contributed by atoms with Gasteiger partial charge in [-0.25, -0.2) is 13.9 Å². The van der Waals surface area contributed by atoms with Crippen molar-refractivity contribution in [2.45, 2.75) is 20.3 Å². The molecule has 0 spiro atoms. The van der Waals surface area contributed by atoms with E-state index in [1.54, 1.807) is 25.4 Å².